The molecule has 18 heavy (non-hydrogen) atoms. The van der Waals surface area contributed by atoms with Gasteiger partial charge < -0.3 is 5.11 Å². The van der Waals surface area contributed by atoms with Crippen LogP contribution in [0.2, 0.25) is 0 Å². The minimum atomic E-state index is -0.416. The van der Waals surface area contributed by atoms with E-state index in [1.807, 2.05) is 30.3 Å². The van der Waals surface area contributed by atoms with Crippen molar-refractivity contribution >= 4 is 11.8 Å². The molecule has 0 spiro atoms. The molecule has 2 aliphatic rings. The smallest absolute Gasteiger partial charge is 0.233 e. The number of imide groups is 1. The largest absolute Gasteiger partial charge is 0.394 e. The first-order valence-corrected chi connectivity index (χ1v) is 6.24. The summed E-state index contributed by atoms with van der Waals surface area (Å²) in [6, 6.07) is 9.20. The molecule has 0 radical (unpaired) electrons. The first-order valence-electron chi connectivity index (χ1n) is 6.24. The van der Waals surface area contributed by atoms with Crippen LogP contribution in [0.15, 0.2) is 30.3 Å². The van der Waals surface area contributed by atoms with Crippen LogP contribution >= 0.6 is 0 Å². The van der Waals surface area contributed by atoms with E-state index >= 15 is 0 Å². The summed E-state index contributed by atoms with van der Waals surface area (Å²) < 4.78 is 0. The lowest BCUT2D eigenvalue weighted by Crippen LogP contribution is -2.45. The molecule has 2 fully saturated rings. The van der Waals surface area contributed by atoms with Crippen LogP contribution in [0.5, 0.6) is 0 Å². The van der Waals surface area contributed by atoms with Gasteiger partial charge in [0.25, 0.3) is 0 Å². The number of nitrogens with zero attached hydrogens (tertiary/aromatic N) is 1. The monoisotopic (exact) mass is 245 g/mol. The average molecular weight is 245 g/mol. The van der Waals surface area contributed by atoms with Gasteiger partial charge in [0, 0.05) is 0 Å². The maximum absolute atomic E-state index is 11.9. The predicted molar refractivity (Wildman–Crippen MR) is 64.5 cm³/mol. The molecule has 4 nitrogen and oxygen atoms in total. The Hall–Kier alpha value is -1.68. The van der Waals surface area contributed by atoms with Gasteiger partial charge in [-0.15, -0.1) is 0 Å². The van der Waals surface area contributed by atoms with Gasteiger partial charge in [0.1, 0.15) is 0 Å². The fraction of sp³-hybridized carbons (Fsp3) is 0.429. The Morgan fingerprint density at radius 3 is 2.33 bits per heavy atom. The second-order valence-electron chi connectivity index (χ2n) is 5.02. The van der Waals surface area contributed by atoms with Crippen molar-refractivity contribution in [3.8, 4) is 0 Å². The van der Waals surface area contributed by atoms with Gasteiger partial charge >= 0.3 is 0 Å². The third-order valence-corrected chi connectivity index (χ3v) is 3.79. The molecule has 0 bridgehead atoms. The highest BCUT2D eigenvalue weighted by atomic mass is 16.3. The lowest BCUT2D eigenvalue weighted by Gasteiger charge is -2.26. The third-order valence-electron chi connectivity index (χ3n) is 3.79. The molecule has 3 atom stereocenters. The molecule has 1 N–H and O–H groups in total. The van der Waals surface area contributed by atoms with Crippen LogP contribution in [0.4, 0.5) is 0 Å². The van der Waals surface area contributed by atoms with E-state index in [-0.39, 0.29) is 30.3 Å². The van der Waals surface area contributed by atoms with E-state index in [2.05, 4.69) is 0 Å². The minimum absolute atomic E-state index is 0.0951. The van der Waals surface area contributed by atoms with Gasteiger partial charge in [-0.1, -0.05) is 30.3 Å². The molecule has 3 rings (SSSR count). The summed E-state index contributed by atoms with van der Waals surface area (Å²) in [6.45, 7) is -0.175. The lowest BCUT2D eigenvalue weighted by molar-refractivity contribution is -0.145. The van der Waals surface area contributed by atoms with E-state index in [4.69, 9.17) is 0 Å². The van der Waals surface area contributed by atoms with Gasteiger partial charge in [0.2, 0.25) is 11.8 Å². The number of hydrogen-bond acceptors (Lipinski definition) is 3. The first kappa shape index (κ1) is 11.4. The number of hydrogen-bond donors (Lipinski definition) is 1. The normalized spacial score (nSPS) is 27.3. The first-order chi connectivity index (χ1) is 8.72. The van der Waals surface area contributed by atoms with Crippen molar-refractivity contribution in [1.82, 2.24) is 4.90 Å². The van der Waals surface area contributed by atoms with Gasteiger partial charge in [-0.25, -0.2) is 0 Å². The zero-order valence-electron chi connectivity index (χ0n) is 9.95. The molecular weight excluding hydrogens is 230 g/mol. The van der Waals surface area contributed by atoms with Crippen LogP contribution in [-0.2, 0) is 16.0 Å². The van der Waals surface area contributed by atoms with Crippen molar-refractivity contribution in [3.63, 3.8) is 0 Å². The van der Waals surface area contributed by atoms with Crippen LogP contribution in [-0.4, -0.2) is 34.5 Å². The summed E-state index contributed by atoms with van der Waals surface area (Å²) in [5, 5.41) is 9.44. The molecule has 1 saturated heterocycles. The number of aliphatic hydroxyl groups excluding tert-OH is 1. The number of amides is 2. The topological polar surface area (TPSA) is 57.6 Å². The van der Waals surface area contributed by atoms with E-state index in [1.165, 1.54) is 4.90 Å². The number of piperidine rings is 1. The highest BCUT2D eigenvalue weighted by Gasteiger charge is 2.60. The lowest BCUT2D eigenvalue weighted by atomic mass is 10.1. The van der Waals surface area contributed by atoms with Gasteiger partial charge in [-0.3, -0.25) is 14.5 Å². The van der Waals surface area contributed by atoms with Crippen LogP contribution in [0.3, 0.4) is 0 Å². The maximum Gasteiger partial charge on any atom is 0.233 e. The van der Waals surface area contributed by atoms with E-state index < -0.39 is 6.04 Å². The Morgan fingerprint density at radius 1 is 1.17 bits per heavy atom. The average Bonchev–Trinajstić information content (AvgIpc) is 3.14. The zero-order valence-corrected chi connectivity index (χ0v) is 9.95. The number of carbonyl (C=O) groups excluding carboxylic acids is 2. The number of fused-ring (bicyclic) bond motifs is 1. The molecule has 2 amide bonds. The van der Waals surface area contributed by atoms with Crippen molar-refractivity contribution in [2.24, 2.45) is 11.8 Å². The number of aliphatic hydroxyl groups is 1. The van der Waals surface area contributed by atoms with Gasteiger partial charge in [-0.2, -0.15) is 0 Å². The summed E-state index contributed by atoms with van der Waals surface area (Å²) in [6.07, 6.45) is 1.23. The summed E-state index contributed by atoms with van der Waals surface area (Å²) in [7, 11) is 0. The molecule has 1 aliphatic heterocycles. The van der Waals surface area contributed by atoms with Gasteiger partial charge in [0.15, 0.2) is 0 Å². The SMILES string of the molecule is O=C1C2CC2C(=O)N1[C@@H](CO)Cc1ccccc1. The summed E-state index contributed by atoms with van der Waals surface area (Å²) >= 11 is 0. The van der Waals surface area contributed by atoms with Crippen molar-refractivity contribution in [1.29, 1.82) is 0 Å². The predicted octanol–water partition coefficient (Wildman–Crippen LogP) is 0.595. The third kappa shape index (κ3) is 1.73. The number of carbonyl (C=O) groups is 2. The molecule has 2 unspecified atom stereocenters. The quantitative estimate of drug-likeness (QED) is 0.790. The fourth-order valence-electron chi connectivity index (χ4n) is 2.69. The van der Waals surface area contributed by atoms with Crippen molar-refractivity contribution < 1.29 is 14.7 Å². The van der Waals surface area contributed by atoms with Gasteiger partial charge in [-0.05, 0) is 18.4 Å². The summed E-state index contributed by atoms with van der Waals surface area (Å²) in [4.78, 5) is 25.2. The van der Waals surface area contributed by atoms with Gasteiger partial charge in [0.05, 0.1) is 24.5 Å². The molecule has 1 saturated carbocycles. The number of likely N-dealkylation sites (tertiary alicyclic amines) is 1. The summed E-state index contributed by atoms with van der Waals surface area (Å²) in [5.41, 5.74) is 1.03. The van der Waals surface area contributed by atoms with E-state index in [9.17, 15) is 14.7 Å². The van der Waals surface area contributed by atoms with Crippen molar-refractivity contribution in [2.75, 3.05) is 6.61 Å². The molecule has 0 aromatic heterocycles. The second-order valence-corrected chi connectivity index (χ2v) is 5.02. The summed E-state index contributed by atoms with van der Waals surface area (Å²) in [5.74, 6) is -0.385. The Balaban J connectivity index is 1.77. The Bertz CT molecular complexity index is 465. The van der Waals surface area contributed by atoms with Crippen LogP contribution in [0, 0.1) is 11.8 Å². The Labute approximate surface area is 105 Å². The molecule has 94 valence electrons. The standard InChI is InChI=1S/C14H15NO3/c16-8-10(6-9-4-2-1-3-5-9)15-13(17)11-7-12(11)14(15)18/h1-5,10-12,16H,6-8H2/t10-,11?,12?/m1/s1. The van der Waals surface area contributed by atoms with Crippen LogP contribution < -0.4 is 0 Å². The highest BCUT2D eigenvalue weighted by molar-refractivity contribution is 6.09. The molecule has 1 aliphatic carbocycles. The Morgan fingerprint density at radius 2 is 1.78 bits per heavy atom. The maximum atomic E-state index is 11.9. The number of rotatable bonds is 4. The van der Waals surface area contributed by atoms with E-state index in [1.54, 1.807) is 0 Å². The molecule has 4 heteroatoms. The zero-order chi connectivity index (χ0) is 12.7. The molecule has 1 aromatic carbocycles. The molecule has 1 aromatic rings. The second kappa shape index (κ2) is 4.21. The molecule has 1 heterocycles. The van der Waals surface area contributed by atoms with Crippen LogP contribution in [0.25, 0.3) is 0 Å². The highest BCUT2D eigenvalue weighted by Crippen LogP contribution is 2.47. The fourth-order valence-corrected chi connectivity index (χ4v) is 2.69. The van der Waals surface area contributed by atoms with Crippen molar-refractivity contribution in [2.45, 2.75) is 18.9 Å². The van der Waals surface area contributed by atoms with Crippen molar-refractivity contribution in [3.05, 3.63) is 35.9 Å². The number of benzene rings is 1. The van der Waals surface area contributed by atoms with Crippen LogP contribution in [0.1, 0.15) is 12.0 Å². The van der Waals surface area contributed by atoms with E-state index in [0.29, 0.717) is 12.8 Å². The Kier molecular flexibility index (Phi) is 2.67. The molecular formula is C14H15NO3. The minimum Gasteiger partial charge on any atom is -0.394 e. The van der Waals surface area contributed by atoms with E-state index in [0.717, 1.165) is 5.56 Å².